The van der Waals surface area contributed by atoms with Crippen molar-refractivity contribution in [3.8, 4) is 5.75 Å². The van der Waals surface area contributed by atoms with Crippen LogP contribution in [0.1, 0.15) is 18.4 Å². The molecule has 2 aromatic carbocycles. The van der Waals surface area contributed by atoms with E-state index in [1.54, 1.807) is 7.11 Å². The van der Waals surface area contributed by atoms with E-state index in [1.807, 2.05) is 12.1 Å². The molecule has 0 radical (unpaired) electrons. The highest BCUT2D eigenvalue weighted by molar-refractivity contribution is 5.76. The van der Waals surface area contributed by atoms with Gasteiger partial charge in [0.05, 0.1) is 7.11 Å². The van der Waals surface area contributed by atoms with E-state index in [9.17, 15) is 0 Å². The van der Waals surface area contributed by atoms with Crippen molar-refractivity contribution in [3.63, 3.8) is 0 Å². The van der Waals surface area contributed by atoms with Crippen molar-refractivity contribution in [3.05, 3.63) is 72.3 Å². The summed E-state index contributed by atoms with van der Waals surface area (Å²) in [5.74, 6) is 0.878. The summed E-state index contributed by atoms with van der Waals surface area (Å²) in [6.45, 7) is 0. The van der Waals surface area contributed by atoms with E-state index in [-0.39, 0.29) is 0 Å². The highest BCUT2D eigenvalue weighted by atomic mass is 16.5. The maximum absolute atomic E-state index is 5.21. The Morgan fingerprint density at radius 1 is 0.864 bits per heavy atom. The molecule has 0 aromatic heterocycles. The fourth-order valence-electron chi connectivity index (χ4n) is 2.66. The summed E-state index contributed by atoms with van der Waals surface area (Å²) < 4.78 is 5.21. The fraction of sp³-hybridized carbons (Fsp3) is 0.200. The van der Waals surface area contributed by atoms with Crippen molar-refractivity contribution in [2.24, 2.45) is 0 Å². The Balaban J connectivity index is 1.79. The van der Waals surface area contributed by atoms with Crippen LogP contribution in [0.15, 0.2) is 66.8 Å². The summed E-state index contributed by atoms with van der Waals surface area (Å²) in [6, 6.07) is 16.8. The van der Waals surface area contributed by atoms with Crippen molar-refractivity contribution in [2.75, 3.05) is 19.1 Å². The minimum atomic E-state index is 0.878. The Hall–Kier alpha value is -2.48. The Morgan fingerprint density at radius 3 is 2.05 bits per heavy atom. The molecule has 2 nitrogen and oxygen atoms in total. The van der Waals surface area contributed by atoms with Crippen molar-refractivity contribution in [2.45, 2.75) is 12.8 Å². The molecule has 2 aromatic rings. The standard InChI is InChI=1S/C20H21NO/c1-21(19-12-14-20(22-2)15-13-19)18-10-8-17(9-11-18)16-6-4-3-5-7-16/h4,6-15H,3,5H2,1-2H3. The van der Waals surface area contributed by atoms with Gasteiger partial charge in [0, 0.05) is 18.4 Å². The lowest BCUT2D eigenvalue weighted by Gasteiger charge is -2.20. The van der Waals surface area contributed by atoms with Gasteiger partial charge in [-0.1, -0.05) is 30.4 Å². The average Bonchev–Trinajstić information content (AvgIpc) is 2.62. The molecule has 2 heteroatoms. The Bertz CT molecular complexity index is 681. The van der Waals surface area contributed by atoms with Gasteiger partial charge in [0.2, 0.25) is 0 Å². The van der Waals surface area contributed by atoms with Crippen LogP contribution in [0.2, 0.25) is 0 Å². The van der Waals surface area contributed by atoms with Gasteiger partial charge in [-0.25, -0.2) is 0 Å². The van der Waals surface area contributed by atoms with Gasteiger partial charge in [-0.3, -0.25) is 0 Å². The van der Waals surface area contributed by atoms with Gasteiger partial charge in [0.25, 0.3) is 0 Å². The molecule has 0 N–H and O–H groups in total. The van der Waals surface area contributed by atoms with Crippen LogP contribution in [-0.2, 0) is 0 Å². The molecule has 0 fully saturated rings. The molecular weight excluding hydrogens is 270 g/mol. The maximum atomic E-state index is 5.21. The third kappa shape index (κ3) is 3.06. The lowest BCUT2D eigenvalue weighted by Crippen LogP contribution is -2.09. The lowest BCUT2D eigenvalue weighted by atomic mass is 9.99. The second-order valence-corrected chi connectivity index (χ2v) is 5.44. The van der Waals surface area contributed by atoms with Crippen LogP contribution in [0.4, 0.5) is 11.4 Å². The number of rotatable bonds is 4. The van der Waals surface area contributed by atoms with Gasteiger partial charge in [0.1, 0.15) is 5.75 Å². The summed E-state index contributed by atoms with van der Waals surface area (Å²) in [4.78, 5) is 2.17. The number of allylic oxidation sites excluding steroid dienone is 4. The smallest absolute Gasteiger partial charge is 0.119 e. The van der Waals surface area contributed by atoms with E-state index in [1.165, 1.54) is 16.8 Å². The van der Waals surface area contributed by atoms with Crippen LogP contribution in [0.25, 0.3) is 5.57 Å². The summed E-state index contributed by atoms with van der Waals surface area (Å²) in [7, 11) is 3.77. The van der Waals surface area contributed by atoms with Gasteiger partial charge >= 0.3 is 0 Å². The van der Waals surface area contributed by atoms with Crippen LogP contribution in [0, 0.1) is 0 Å². The van der Waals surface area contributed by atoms with Crippen molar-refractivity contribution < 1.29 is 4.74 Å². The van der Waals surface area contributed by atoms with E-state index >= 15 is 0 Å². The Kier molecular flexibility index (Phi) is 4.29. The SMILES string of the molecule is COc1ccc(N(C)c2ccc(C3=CCCC=C3)cc2)cc1. The lowest BCUT2D eigenvalue weighted by molar-refractivity contribution is 0.415. The third-order valence-corrected chi connectivity index (χ3v) is 4.04. The number of benzene rings is 2. The first-order valence-electron chi connectivity index (χ1n) is 7.63. The molecule has 112 valence electrons. The molecule has 0 atom stereocenters. The molecule has 3 rings (SSSR count). The number of nitrogens with zero attached hydrogens (tertiary/aromatic N) is 1. The number of hydrogen-bond acceptors (Lipinski definition) is 2. The number of hydrogen-bond donors (Lipinski definition) is 0. The predicted octanol–water partition coefficient (Wildman–Crippen LogP) is 5.20. The second kappa shape index (κ2) is 6.52. The average molecular weight is 291 g/mol. The maximum Gasteiger partial charge on any atom is 0.119 e. The van der Waals surface area contributed by atoms with E-state index in [2.05, 4.69) is 66.6 Å². The van der Waals surface area contributed by atoms with Gasteiger partial charge < -0.3 is 9.64 Å². The van der Waals surface area contributed by atoms with Crippen LogP contribution in [-0.4, -0.2) is 14.2 Å². The highest BCUT2D eigenvalue weighted by Crippen LogP contribution is 2.28. The second-order valence-electron chi connectivity index (χ2n) is 5.44. The molecule has 0 saturated carbocycles. The van der Waals surface area contributed by atoms with E-state index in [0.29, 0.717) is 0 Å². The molecule has 0 spiro atoms. The summed E-state index contributed by atoms with van der Waals surface area (Å²) in [5.41, 5.74) is 4.92. The number of methoxy groups -OCH3 is 1. The minimum Gasteiger partial charge on any atom is -0.497 e. The Morgan fingerprint density at radius 2 is 1.50 bits per heavy atom. The van der Waals surface area contributed by atoms with E-state index < -0.39 is 0 Å². The van der Waals surface area contributed by atoms with E-state index in [0.717, 1.165) is 24.3 Å². The molecule has 0 unspecified atom stereocenters. The van der Waals surface area contributed by atoms with Gasteiger partial charge in [-0.05, 0) is 60.4 Å². The van der Waals surface area contributed by atoms with Crippen molar-refractivity contribution in [1.82, 2.24) is 0 Å². The van der Waals surface area contributed by atoms with Crippen molar-refractivity contribution >= 4 is 16.9 Å². The topological polar surface area (TPSA) is 12.5 Å². The molecule has 0 amide bonds. The third-order valence-electron chi connectivity index (χ3n) is 4.04. The molecule has 0 aliphatic heterocycles. The van der Waals surface area contributed by atoms with Gasteiger partial charge in [0.15, 0.2) is 0 Å². The summed E-state index contributed by atoms with van der Waals surface area (Å²) >= 11 is 0. The van der Waals surface area contributed by atoms with Gasteiger partial charge in [-0.2, -0.15) is 0 Å². The van der Waals surface area contributed by atoms with E-state index in [4.69, 9.17) is 4.74 Å². The molecule has 1 aliphatic rings. The van der Waals surface area contributed by atoms with Crippen LogP contribution >= 0.6 is 0 Å². The summed E-state index contributed by atoms with van der Waals surface area (Å²) in [6.07, 6.45) is 9.06. The largest absolute Gasteiger partial charge is 0.497 e. The predicted molar refractivity (Wildman–Crippen MR) is 93.9 cm³/mol. The molecule has 22 heavy (non-hydrogen) atoms. The number of anilines is 2. The molecular formula is C20H21NO. The molecule has 0 saturated heterocycles. The quantitative estimate of drug-likeness (QED) is 0.768. The zero-order valence-electron chi connectivity index (χ0n) is 13.1. The van der Waals surface area contributed by atoms with Gasteiger partial charge in [-0.15, -0.1) is 0 Å². The highest BCUT2D eigenvalue weighted by Gasteiger charge is 2.06. The Labute approximate surface area is 132 Å². The molecule has 0 bridgehead atoms. The summed E-state index contributed by atoms with van der Waals surface area (Å²) in [5, 5.41) is 0. The first-order valence-corrected chi connectivity index (χ1v) is 7.63. The first-order chi connectivity index (χ1) is 10.8. The van der Waals surface area contributed by atoms with Crippen LogP contribution in [0.5, 0.6) is 5.75 Å². The zero-order valence-corrected chi connectivity index (χ0v) is 13.1. The van der Waals surface area contributed by atoms with Crippen LogP contribution < -0.4 is 9.64 Å². The molecule has 1 aliphatic carbocycles. The number of ether oxygens (including phenoxy) is 1. The fourth-order valence-corrected chi connectivity index (χ4v) is 2.66. The first kappa shape index (κ1) is 14.5. The van der Waals surface area contributed by atoms with Crippen molar-refractivity contribution in [1.29, 1.82) is 0 Å². The normalized spacial score (nSPS) is 13.6. The minimum absolute atomic E-state index is 0.878. The molecule has 0 heterocycles. The van der Waals surface area contributed by atoms with Crippen LogP contribution in [0.3, 0.4) is 0 Å². The monoisotopic (exact) mass is 291 g/mol. The zero-order chi connectivity index (χ0) is 15.4.